The summed E-state index contributed by atoms with van der Waals surface area (Å²) in [7, 11) is 2.00. The first-order valence-corrected chi connectivity index (χ1v) is 7.35. The number of benzene rings is 1. The highest BCUT2D eigenvalue weighted by Gasteiger charge is 2.31. The Hall–Kier alpha value is -1.09. The summed E-state index contributed by atoms with van der Waals surface area (Å²) in [5.41, 5.74) is 1.74. The van der Waals surface area contributed by atoms with E-state index in [9.17, 15) is 4.39 Å². The van der Waals surface area contributed by atoms with Gasteiger partial charge in [-0.2, -0.15) is 0 Å². The minimum Gasteiger partial charge on any atom is -0.369 e. The van der Waals surface area contributed by atoms with Crippen molar-refractivity contribution in [3.8, 4) is 0 Å². The van der Waals surface area contributed by atoms with Crippen LogP contribution in [0, 0.1) is 11.7 Å². The number of halogens is 1. The second-order valence-electron chi connectivity index (χ2n) is 5.65. The predicted molar refractivity (Wildman–Crippen MR) is 79.0 cm³/mol. The van der Waals surface area contributed by atoms with Crippen LogP contribution in [-0.4, -0.2) is 19.6 Å². The van der Waals surface area contributed by atoms with Crippen LogP contribution in [0.3, 0.4) is 0 Å². The number of rotatable bonds is 7. The van der Waals surface area contributed by atoms with Crippen molar-refractivity contribution in [1.82, 2.24) is 5.32 Å². The van der Waals surface area contributed by atoms with Crippen molar-refractivity contribution in [2.24, 2.45) is 5.92 Å². The molecule has 2 rings (SSSR count). The van der Waals surface area contributed by atoms with E-state index in [0.717, 1.165) is 36.7 Å². The highest BCUT2D eigenvalue weighted by molar-refractivity contribution is 5.49. The zero-order valence-corrected chi connectivity index (χ0v) is 12.2. The first-order valence-electron chi connectivity index (χ1n) is 7.35. The van der Waals surface area contributed by atoms with Crippen LogP contribution in [0.4, 0.5) is 10.1 Å². The summed E-state index contributed by atoms with van der Waals surface area (Å²) in [5, 5.41) is 3.30. The summed E-state index contributed by atoms with van der Waals surface area (Å²) >= 11 is 0. The van der Waals surface area contributed by atoms with Crippen molar-refractivity contribution in [3.05, 3.63) is 29.6 Å². The van der Waals surface area contributed by atoms with Crippen molar-refractivity contribution in [3.63, 3.8) is 0 Å². The summed E-state index contributed by atoms with van der Waals surface area (Å²) in [4.78, 5) is 2.08. The molecular formula is C16H25FN2. The fourth-order valence-electron chi connectivity index (χ4n) is 2.47. The smallest absolute Gasteiger partial charge is 0.146 e. The average molecular weight is 264 g/mol. The molecule has 0 saturated heterocycles. The van der Waals surface area contributed by atoms with Gasteiger partial charge in [-0.1, -0.05) is 13.0 Å². The van der Waals surface area contributed by atoms with Gasteiger partial charge >= 0.3 is 0 Å². The summed E-state index contributed by atoms with van der Waals surface area (Å²) in [5.74, 6) is 0.640. The Morgan fingerprint density at radius 1 is 1.42 bits per heavy atom. The van der Waals surface area contributed by atoms with Crippen molar-refractivity contribution in [1.29, 1.82) is 0 Å². The van der Waals surface area contributed by atoms with Gasteiger partial charge in [0.05, 0.1) is 5.69 Å². The minimum absolute atomic E-state index is 0.106. The van der Waals surface area contributed by atoms with Crippen LogP contribution in [0.2, 0.25) is 0 Å². The Morgan fingerprint density at radius 3 is 2.74 bits per heavy atom. The molecule has 0 amide bonds. The fraction of sp³-hybridized carbons (Fsp3) is 0.625. The van der Waals surface area contributed by atoms with Crippen LogP contribution in [0.15, 0.2) is 18.2 Å². The lowest BCUT2D eigenvalue weighted by molar-refractivity contribution is 0.574. The van der Waals surface area contributed by atoms with E-state index < -0.39 is 0 Å². The van der Waals surface area contributed by atoms with Gasteiger partial charge in [-0.05, 0) is 56.3 Å². The molecule has 0 heterocycles. The molecule has 1 aromatic carbocycles. The standard InChI is InChI=1S/C16H25FN2/c1-4-9-18-11-13-5-8-16(15(17)10-13)19(3)12(2)14-6-7-14/h5,8,10,12,14,18H,4,6-7,9,11H2,1-3H3. The molecule has 106 valence electrons. The molecular weight excluding hydrogens is 239 g/mol. The van der Waals surface area contributed by atoms with E-state index >= 15 is 0 Å². The zero-order chi connectivity index (χ0) is 13.8. The average Bonchev–Trinajstić information content (AvgIpc) is 3.22. The van der Waals surface area contributed by atoms with Gasteiger partial charge in [0.2, 0.25) is 0 Å². The molecule has 0 aliphatic heterocycles. The molecule has 1 aromatic rings. The third-order valence-corrected chi connectivity index (χ3v) is 4.06. The van der Waals surface area contributed by atoms with Crippen LogP contribution in [0.25, 0.3) is 0 Å². The zero-order valence-electron chi connectivity index (χ0n) is 12.2. The Balaban J connectivity index is 2.01. The van der Waals surface area contributed by atoms with Crippen LogP contribution < -0.4 is 10.2 Å². The van der Waals surface area contributed by atoms with Gasteiger partial charge in [-0.3, -0.25) is 0 Å². The number of anilines is 1. The van der Waals surface area contributed by atoms with Gasteiger partial charge in [0, 0.05) is 19.6 Å². The van der Waals surface area contributed by atoms with E-state index in [1.54, 1.807) is 6.07 Å². The maximum Gasteiger partial charge on any atom is 0.146 e. The third kappa shape index (κ3) is 3.69. The van der Waals surface area contributed by atoms with Gasteiger partial charge in [-0.25, -0.2) is 4.39 Å². The molecule has 1 N–H and O–H groups in total. The Labute approximate surface area is 116 Å². The van der Waals surface area contributed by atoms with Gasteiger partial charge < -0.3 is 10.2 Å². The summed E-state index contributed by atoms with van der Waals surface area (Å²) in [6.07, 6.45) is 3.67. The van der Waals surface area contributed by atoms with E-state index in [2.05, 4.69) is 24.1 Å². The lowest BCUT2D eigenvalue weighted by Gasteiger charge is -2.27. The van der Waals surface area contributed by atoms with E-state index in [0.29, 0.717) is 6.04 Å². The molecule has 19 heavy (non-hydrogen) atoms. The normalized spacial score (nSPS) is 16.4. The summed E-state index contributed by atoms with van der Waals surface area (Å²) in [6, 6.07) is 6.03. The van der Waals surface area contributed by atoms with Gasteiger partial charge in [0.1, 0.15) is 5.82 Å². The van der Waals surface area contributed by atoms with Gasteiger partial charge in [0.25, 0.3) is 0 Å². The second kappa shape index (κ2) is 6.38. The fourth-order valence-corrected chi connectivity index (χ4v) is 2.47. The molecule has 2 nitrogen and oxygen atoms in total. The van der Waals surface area contributed by atoms with E-state index in [1.807, 2.05) is 19.2 Å². The Morgan fingerprint density at radius 2 is 2.16 bits per heavy atom. The lowest BCUT2D eigenvalue weighted by Crippen LogP contribution is -2.31. The maximum absolute atomic E-state index is 14.2. The first kappa shape index (κ1) is 14.3. The molecule has 1 atom stereocenters. The van der Waals surface area contributed by atoms with Crippen molar-refractivity contribution < 1.29 is 4.39 Å². The number of nitrogens with one attached hydrogen (secondary N) is 1. The Kier molecular flexibility index (Phi) is 4.81. The molecule has 1 aliphatic rings. The second-order valence-corrected chi connectivity index (χ2v) is 5.65. The van der Waals surface area contributed by atoms with Crippen LogP contribution >= 0.6 is 0 Å². The molecule has 1 unspecified atom stereocenters. The molecule has 1 aliphatic carbocycles. The first-order chi connectivity index (χ1) is 9.13. The molecule has 1 fully saturated rings. The molecule has 0 aromatic heterocycles. The molecule has 0 spiro atoms. The number of hydrogen-bond donors (Lipinski definition) is 1. The summed E-state index contributed by atoms with van der Waals surface area (Å²) < 4.78 is 14.2. The SMILES string of the molecule is CCCNCc1ccc(N(C)C(C)C2CC2)c(F)c1. The quantitative estimate of drug-likeness (QED) is 0.758. The van der Waals surface area contributed by atoms with Gasteiger partial charge in [-0.15, -0.1) is 0 Å². The van der Waals surface area contributed by atoms with Crippen LogP contribution in [0.5, 0.6) is 0 Å². The third-order valence-electron chi connectivity index (χ3n) is 4.06. The number of nitrogens with zero attached hydrogens (tertiary/aromatic N) is 1. The van der Waals surface area contributed by atoms with Crippen LogP contribution in [0.1, 0.15) is 38.7 Å². The number of hydrogen-bond acceptors (Lipinski definition) is 2. The topological polar surface area (TPSA) is 15.3 Å². The van der Waals surface area contributed by atoms with Crippen molar-refractivity contribution in [2.45, 2.75) is 45.7 Å². The highest BCUT2D eigenvalue weighted by Crippen LogP contribution is 2.36. The predicted octanol–water partition coefficient (Wildman–Crippen LogP) is 3.56. The molecule has 1 saturated carbocycles. The van der Waals surface area contributed by atoms with Crippen molar-refractivity contribution >= 4 is 5.69 Å². The molecule has 0 radical (unpaired) electrons. The van der Waals surface area contributed by atoms with Crippen molar-refractivity contribution in [2.75, 3.05) is 18.5 Å². The van der Waals surface area contributed by atoms with E-state index in [1.165, 1.54) is 12.8 Å². The van der Waals surface area contributed by atoms with E-state index in [4.69, 9.17) is 0 Å². The Bertz CT molecular complexity index is 415. The largest absolute Gasteiger partial charge is 0.369 e. The summed E-state index contributed by atoms with van der Waals surface area (Å²) in [6.45, 7) is 6.04. The van der Waals surface area contributed by atoms with Gasteiger partial charge in [0.15, 0.2) is 0 Å². The van der Waals surface area contributed by atoms with E-state index in [-0.39, 0.29) is 5.82 Å². The molecule has 3 heteroatoms. The minimum atomic E-state index is -0.106. The highest BCUT2D eigenvalue weighted by atomic mass is 19.1. The van der Waals surface area contributed by atoms with Crippen LogP contribution in [-0.2, 0) is 6.54 Å². The molecule has 0 bridgehead atoms. The maximum atomic E-state index is 14.2. The lowest BCUT2D eigenvalue weighted by atomic mass is 10.1. The monoisotopic (exact) mass is 264 g/mol.